The third-order valence-corrected chi connectivity index (χ3v) is 4.23. The lowest BCUT2D eigenvalue weighted by Gasteiger charge is -2.17. The van der Waals surface area contributed by atoms with Crippen LogP contribution in [0.5, 0.6) is 11.5 Å². The van der Waals surface area contributed by atoms with Crippen molar-refractivity contribution in [1.82, 2.24) is 10.3 Å². The van der Waals surface area contributed by atoms with E-state index in [1.54, 1.807) is 17.6 Å². The van der Waals surface area contributed by atoms with Crippen LogP contribution in [0, 0.1) is 5.92 Å². The number of carbonyl (C=O) groups excluding carboxylic acids is 1. The zero-order valence-corrected chi connectivity index (χ0v) is 15.7. The molecular weight excluding hydrogens is 356 g/mol. The first kappa shape index (κ1) is 19.7. The smallest absolute Gasteiger partial charge is 0.326 e. The molecule has 0 spiro atoms. The first-order valence-corrected chi connectivity index (χ1v) is 9.06. The maximum absolute atomic E-state index is 12.4. The number of thiazole rings is 1. The predicted molar refractivity (Wildman–Crippen MR) is 97.8 cm³/mol. The highest BCUT2D eigenvalue weighted by atomic mass is 32.1. The quantitative estimate of drug-likeness (QED) is 0.696. The lowest BCUT2D eigenvalue weighted by molar-refractivity contribution is -0.139. The van der Waals surface area contributed by atoms with E-state index < -0.39 is 17.9 Å². The molecule has 0 fully saturated rings. The summed E-state index contributed by atoms with van der Waals surface area (Å²) in [4.78, 5) is 27.8. The van der Waals surface area contributed by atoms with Crippen molar-refractivity contribution in [2.45, 2.75) is 32.9 Å². The van der Waals surface area contributed by atoms with Crippen molar-refractivity contribution in [3.63, 3.8) is 0 Å². The van der Waals surface area contributed by atoms with E-state index in [4.69, 9.17) is 9.47 Å². The minimum atomic E-state index is -1.05. The summed E-state index contributed by atoms with van der Waals surface area (Å²) in [6.07, 6.45) is 0.354. The lowest BCUT2D eigenvalue weighted by Crippen LogP contribution is -2.41. The number of carboxylic acids is 1. The van der Waals surface area contributed by atoms with Gasteiger partial charge in [-0.25, -0.2) is 9.78 Å². The number of methoxy groups -OCH3 is 1. The Morgan fingerprint density at radius 2 is 2.08 bits per heavy atom. The van der Waals surface area contributed by atoms with E-state index in [1.807, 2.05) is 19.2 Å². The van der Waals surface area contributed by atoms with Crippen LogP contribution < -0.4 is 14.8 Å². The van der Waals surface area contributed by atoms with Gasteiger partial charge in [0.15, 0.2) is 11.5 Å². The first-order chi connectivity index (χ1) is 12.4. The summed E-state index contributed by atoms with van der Waals surface area (Å²) in [6.45, 7) is 4.10. The largest absolute Gasteiger partial charge is 0.493 e. The van der Waals surface area contributed by atoms with E-state index in [-0.39, 0.29) is 5.92 Å². The molecule has 2 N–H and O–H groups in total. The normalized spacial score (nSPS) is 11.8. The number of ether oxygens (including phenoxy) is 2. The average Bonchev–Trinajstić information content (AvgIpc) is 3.12. The van der Waals surface area contributed by atoms with Gasteiger partial charge < -0.3 is 19.9 Å². The molecule has 2 rings (SSSR count). The number of carboxylic acid groups (broad SMARTS) is 1. The highest BCUT2D eigenvalue weighted by Crippen LogP contribution is 2.29. The van der Waals surface area contributed by atoms with Gasteiger partial charge in [-0.15, -0.1) is 11.3 Å². The molecule has 2 aromatic rings. The summed E-state index contributed by atoms with van der Waals surface area (Å²) < 4.78 is 11.0. The number of amides is 1. The van der Waals surface area contributed by atoms with Crippen molar-refractivity contribution < 1.29 is 24.2 Å². The van der Waals surface area contributed by atoms with E-state index in [0.29, 0.717) is 30.1 Å². The molecule has 0 aliphatic rings. The monoisotopic (exact) mass is 378 g/mol. The molecule has 0 unspecified atom stereocenters. The molecule has 0 bridgehead atoms. The Hall–Kier alpha value is -2.61. The molecule has 0 radical (unpaired) electrons. The second-order valence-electron chi connectivity index (χ2n) is 6.13. The van der Waals surface area contributed by atoms with E-state index >= 15 is 0 Å². The third-order valence-electron chi connectivity index (χ3n) is 3.60. The summed E-state index contributed by atoms with van der Waals surface area (Å²) in [5.74, 6) is -0.505. The van der Waals surface area contributed by atoms with Gasteiger partial charge in [0.25, 0.3) is 5.91 Å². The topological polar surface area (TPSA) is 97.8 Å². The van der Waals surface area contributed by atoms with Crippen LogP contribution >= 0.6 is 11.3 Å². The molecule has 0 saturated carbocycles. The lowest BCUT2D eigenvalue weighted by atomic mass is 10.0. The fourth-order valence-corrected chi connectivity index (χ4v) is 2.87. The molecule has 1 aromatic carbocycles. The van der Waals surface area contributed by atoms with Crippen molar-refractivity contribution >= 4 is 23.2 Å². The zero-order valence-electron chi connectivity index (χ0n) is 14.9. The summed E-state index contributed by atoms with van der Waals surface area (Å²) in [5.41, 5.74) is 2.83. The van der Waals surface area contributed by atoms with E-state index in [1.165, 1.54) is 24.5 Å². The van der Waals surface area contributed by atoms with Gasteiger partial charge in [0.2, 0.25) is 0 Å². The number of aliphatic carboxylic acids is 1. The SMILES string of the molecule is COc1cc(C(=O)N[C@@H](CC(C)C)C(=O)O)ccc1OCc1cscn1. The summed E-state index contributed by atoms with van der Waals surface area (Å²) in [7, 11) is 1.48. The number of hydrogen-bond donors (Lipinski definition) is 2. The second-order valence-corrected chi connectivity index (χ2v) is 6.85. The van der Waals surface area contributed by atoms with Crippen LogP contribution in [0.25, 0.3) is 0 Å². The molecule has 7 nitrogen and oxygen atoms in total. The van der Waals surface area contributed by atoms with Crippen molar-refractivity contribution in [3.05, 3.63) is 40.3 Å². The minimum Gasteiger partial charge on any atom is -0.493 e. The maximum Gasteiger partial charge on any atom is 0.326 e. The van der Waals surface area contributed by atoms with Gasteiger partial charge >= 0.3 is 5.97 Å². The molecule has 0 aliphatic heterocycles. The molecule has 8 heteroatoms. The van der Waals surface area contributed by atoms with E-state index in [2.05, 4.69) is 10.3 Å². The van der Waals surface area contributed by atoms with Crippen molar-refractivity contribution in [2.75, 3.05) is 7.11 Å². The Morgan fingerprint density at radius 1 is 1.31 bits per heavy atom. The van der Waals surface area contributed by atoms with Crippen LogP contribution in [0.4, 0.5) is 0 Å². The Kier molecular flexibility index (Phi) is 6.97. The number of nitrogens with one attached hydrogen (secondary N) is 1. The van der Waals surface area contributed by atoms with Gasteiger partial charge in [-0.1, -0.05) is 13.8 Å². The molecule has 1 heterocycles. The number of nitrogens with zero attached hydrogens (tertiary/aromatic N) is 1. The number of benzene rings is 1. The van der Waals surface area contributed by atoms with Crippen LogP contribution in [0.15, 0.2) is 29.1 Å². The fourth-order valence-electron chi connectivity index (χ4n) is 2.32. The van der Waals surface area contributed by atoms with Crippen molar-refractivity contribution in [2.24, 2.45) is 5.92 Å². The second kappa shape index (κ2) is 9.19. The molecule has 1 atom stereocenters. The van der Waals surface area contributed by atoms with Crippen molar-refractivity contribution in [3.8, 4) is 11.5 Å². The zero-order chi connectivity index (χ0) is 19.1. The Labute approximate surface area is 156 Å². The molecule has 0 saturated heterocycles. The van der Waals surface area contributed by atoms with Crippen molar-refractivity contribution in [1.29, 1.82) is 0 Å². The molecular formula is C18H22N2O5S. The standard InChI is InChI=1S/C18H22N2O5S/c1-11(2)6-14(18(22)23)20-17(21)12-4-5-15(16(7-12)24-3)25-8-13-9-26-10-19-13/h4-5,7,9-11,14H,6,8H2,1-3H3,(H,20,21)(H,22,23)/t14-/m0/s1. The summed E-state index contributed by atoms with van der Waals surface area (Å²) in [5, 5.41) is 13.7. The summed E-state index contributed by atoms with van der Waals surface area (Å²) >= 11 is 1.48. The number of carbonyl (C=O) groups is 2. The highest BCUT2D eigenvalue weighted by molar-refractivity contribution is 7.07. The van der Waals surface area contributed by atoms with Gasteiger partial charge in [0, 0.05) is 10.9 Å². The number of hydrogen-bond acceptors (Lipinski definition) is 6. The molecule has 26 heavy (non-hydrogen) atoms. The molecule has 1 aromatic heterocycles. The average molecular weight is 378 g/mol. The van der Waals surface area contributed by atoms with Crippen LogP contribution in [0.1, 0.15) is 36.3 Å². The fraction of sp³-hybridized carbons (Fsp3) is 0.389. The third kappa shape index (κ3) is 5.45. The van der Waals surface area contributed by atoms with Gasteiger partial charge in [-0.3, -0.25) is 4.79 Å². The van der Waals surface area contributed by atoms with E-state index in [0.717, 1.165) is 5.69 Å². The Bertz CT molecular complexity index is 746. The number of rotatable bonds is 9. The Morgan fingerprint density at radius 3 is 2.65 bits per heavy atom. The van der Waals surface area contributed by atoms with Gasteiger partial charge in [-0.2, -0.15) is 0 Å². The molecule has 140 valence electrons. The minimum absolute atomic E-state index is 0.146. The van der Waals surface area contributed by atoms with Crippen LogP contribution in [0.2, 0.25) is 0 Å². The first-order valence-electron chi connectivity index (χ1n) is 8.12. The molecule has 0 aliphatic carbocycles. The number of aromatic nitrogens is 1. The Balaban J connectivity index is 2.09. The van der Waals surface area contributed by atoms with Crippen LogP contribution in [0.3, 0.4) is 0 Å². The highest BCUT2D eigenvalue weighted by Gasteiger charge is 2.22. The van der Waals surface area contributed by atoms with Crippen LogP contribution in [-0.2, 0) is 11.4 Å². The predicted octanol–water partition coefficient (Wildman–Crippen LogP) is 2.96. The molecule has 1 amide bonds. The van der Waals surface area contributed by atoms with Gasteiger partial charge in [-0.05, 0) is 30.5 Å². The van der Waals surface area contributed by atoms with Gasteiger partial charge in [0.05, 0.1) is 18.3 Å². The van der Waals surface area contributed by atoms with E-state index in [9.17, 15) is 14.7 Å². The van der Waals surface area contributed by atoms with Gasteiger partial charge in [0.1, 0.15) is 12.6 Å². The van der Waals surface area contributed by atoms with Crippen LogP contribution in [-0.4, -0.2) is 35.1 Å². The summed E-state index contributed by atoms with van der Waals surface area (Å²) in [6, 6.07) is 3.79. The maximum atomic E-state index is 12.4.